The number of allylic oxidation sites excluding steroid dienone is 2. The van der Waals surface area contributed by atoms with Crippen LogP contribution >= 0.6 is 31.9 Å². The number of nitrogens with zero attached hydrogens (tertiary/aromatic N) is 4. The van der Waals surface area contributed by atoms with E-state index in [-0.39, 0.29) is 17.1 Å². The zero-order chi connectivity index (χ0) is 42.4. The van der Waals surface area contributed by atoms with Crippen molar-refractivity contribution in [2.75, 3.05) is 26.4 Å². The van der Waals surface area contributed by atoms with Crippen LogP contribution in [0.1, 0.15) is 38.8 Å². The summed E-state index contributed by atoms with van der Waals surface area (Å²) in [5, 5.41) is 9.05. The summed E-state index contributed by atoms with van der Waals surface area (Å²) in [5.41, 5.74) is 7.05. The fraction of sp³-hybridized carbons (Fsp3) is 0.160. The topological polar surface area (TPSA) is 89.8 Å². The second-order valence-corrected chi connectivity index (χ2v) is 14.4. The van der Waals surface area contributed by atoms with Crippen LogP contribution in [0, 0.1) is 0 Å². The first-order chi connectivity index (χ1) is 29.3. The maximum absolute atomic E-state index is 5.51. The van der Waals surface area contributed by atoms with Crippen molar-refractivity contribution < 1.29 is 36.0 Å². The average Bonchev–Trinajstić information content (AvgIpc) is 3.27. The summed E-state index contributed by atoms with van der Waals surface area (Å²) in [4.78, 5) is 9.62. The molecule has 0 bridgehead atoms. The van der Waals surface area contributed by atoms with E-state index < -0.39 is 0 Å². The maximum atomic E-state index is 5.51. The third-order valence-electron chi connectivity index (χ3n) is 8.28. The molecule has 8 nitrogen and oxygen atoms in total. The molecule has 317 valence electrons. The molecule has 6 aromatic rings. The molecule has 0 spiro atoms. The van der Waals surface area contributed by atoms with Crippen LogP contribution in [-0.4, -0.2) is 37.9 Å². The minimum Gasteiger partial charge on any atom is -0.664 e. The molecular formula is C50H48Br2CuN4O4. The molecule has 1 radical (unpaired) electrons. The van der Waals surface area contributed by atoms with Gasteiger partial charge in [0.2, 0.25) is 0 Å². The minimum absolute atomic E-state index is 0. The normalized spacial score (nSPS) is 11.3. The minimum atomic E-state index is 0. The molecule has 0 fully saturated rings. The Balaban J connectivity index is 0.000000264. The number of hydrogen-bond donors (Lipinski definition) is 0. The number of benzene rings is 6. The first kappa shape index (κ1) is 48.1. The molecule has 0 saturated heterocycles. The third-order valence-corrected chi connectivity index (χ3v) is 9.34. The first-order valence-corrected chi connectivity index (χ1v) is 21.3. The van der Waals surface area contributed by atoms with Gasteiger partial charge in [-0.3, -0.25) is 0 Å². The van der Waals surface area contributed by atoms with Gasteiger partial charge in [-0.15, -0.1) is 11.4 Å². The second kappa shape index (κ2) is 26.6. The van der Waals surface area contributed by atoms with Crippen molar-refractivity contribution in [3.8, 4) is 23.0 Å². The summed E-state index contributed by atoms with van der Waals surface area (Å²) in [6.45, 7) is 10.4. The fourth-order valence-electron chi connectivity index (χ4n) is 5.46. The average molecular weight is 992 g/mol. The zero-order valence-corrected chi connectivity index (χ0v) is 38.6. The molecule has 0 aliphatic carbocycles. The Hall–Kier alpha value is -5.58. The van der Waals surface area contributed by atoms with Crippen LogP contribution in [0.3, 0.4) is 0 Å². The van der Waals surface area contributed by atoms with Gasteiger partial charge in [0.25, 0.3) is 0 Å². The summed E-state index contributed by atoms with van der Waals surface area (Å²) in [7, 11) is 0. The van der Waals surface area contributed by atoms with Crippen molar-refractivity contribution in [2.45, 2.75) is 27.7 Å². The van der Waals surface area contributed by atoms with Gasteiger partial charge < -0.3 is 29.6 Å². The van der Waals surface area contributed by atoms with E-state index in [1.165, 1.54) is 0 Å². The van der Waals surface area contributed by atoms with E-state index in [4.69, 9.17) is 28.9 Å². The van der Waals surface area contributed by atoms with E-state index in [2.05, 4.69) is 42.5 Å². The molecule has 61 heavy (non-hydrogen) atoms. The molecule has 11 heteroatoms. The van der Waals surface area contributed by atoms with E-state index in [0.717, 1.165) is 77.2 Å². The zero-order valence-electron chi connectivity index (χ0n) is 34.5. The number of ether oxygens (including phenoxy) is 4. The molecule has 6 rings (SSSR count). The Kier molecular flexibility index (Phi) is 21.0. The molecule has 0 saturated carbocycles. The van der Waals surface area contributed by atoms with Gasteiger partial charge in [-0.2, -0.15) is 12.4 Å². The molecule has 0 N–H and O–H groups in total. The Morgan fingerprint density at radius 3 is 0.984 bits per heavy atom. The molecule has 0 aromatic heterocycles. The Bertz CT molecular complexity index is 2130. The van der Waals surface area contributed by atoms with Gasteiger partial charge >= 0.3 is 17.1 Å². The van der Waals surface area contributed by atoms with Crippen molar-refractivity contribution in [1.82, 2.24) is 0 Å². The predicted molar refractivity (Wildman–Crippen MR) is 255 cm³/mol. The van der Waals surface area contributed by atoms with E-state index in [9.17, 15) is 0 Å². The van der Waals surface area contributed by atoms with Gasteiger partial charge in [0.1, 0.15) is 23.0 Å². The molecule has 0 aliphatic heterocycles. The quantitative estimate of drug-likeness (QED) is 0.0634. The smallest absolute Gasteiger partial charge is 0.664 e. The summed E-state index contributed by atoms with van der Waals surface area (Å²) in [6, 6.07) is 47.0. The fourth-order valence-corrected chi connectivity index (χ4v) is 5.99. The van der Waals surface area contributed by atoms with E-state index >= 15 is 0 Å². The second-order valence-electron chi connectivity index (χ2n) is 12.6. The molecule has 0 aliphatic rings. The molecular weight excluding hydrogens is 944 g/mol. The van der Waals surface area contributed by atoms with Gasteiger partial charge in [-0.05, 0) is 125 Å². The van der Waals surface area contributed by atoms with Crippen molar-refractivity contribution in [3.05, 3.63) is 201 Å². The summed E-state index contributed by atoms with van der Waals surface area (Å²) in [6.07, 6.45) is 7.36. The maximum Gasteiger partial charge on any atom is 2.00 e. The van der Waals surface area contributed by atoms with Crippen molar-refractivity contribution in [3.63, 3.8) is 0 Å². The molecule has 0 heterocycles. The van der Waals surface area contributed by atoms with E-state index in [1.54, 1.807) is 12.4 Å². The summed E-state index contributed by atoms with van der Waals surface area (Å²) >= 11 is 6.97. The Labute approximate surface area is 387 Å². The van der Waals surface area contributed by atoms with Crippen LogP contribution in [0.15, 0.2) is 189 Å². The van der Waals surface area contributed by atoms with Gasteiger partial charge in [-0.1, -0.05) is 92.5 Å². The van der Waals surface area contributed by atoms with Gasteiger partial charge in [-0.25, -0.2) is 9.98 Å². The SMILES string of the molecule is CCOc1ccc(N=C(/C=C\[N-]c2ccc(OCC)cc2)c2ccc(Br)cc2)cc1.CCOc1ccc(N=C(/C=C\[N-]c2ccc(OCC)cc2)c2ccc(Br)cc2)cc1.[Cu+2]. The van der Waals surface area contributed by atoms with Gasteiger partial charge in [0.15, 0.2) is 0 Å². The number of rotatable bonds is 18. The number of hydrogen-bond acceptors (Lipinski definition) is 6. The van der Waals surface area contributed by atoms with Crippen LogP contribution in [-0.2, 0) is 17.1 Å². The molecule has 0 amide bonds. The van der Waals surface area contributed by atoms with Crippen LogP contribution in [0.4, 0.5) is 22.7 Å². The van der Waals surface area contributed by atoms with E-state index in [1.807, 2.05) is 185 Å². The van der Waals surface area contributed by atoms with Crippen LogP contribution in [0.5, 0.6) is 23.0 Å². The van der Waals surface area contributed by atoms with Crippen molar-refractivity contribution in [2.24, 2.45) is 9.98 Å². The summed E-state index contributed by atoms with van der Waals surface area (Å²) in [5.74, 6) is 3.35. The van der Waals surface area contributed by atoms with Crippen LogP contribution < -0.4 is 18.9 Å². The number of halogens is 2. The summed E-state index contributed by atoms with van der Waals surface area (Å²) < 4.78 is 24.0. The molecule has 6 aromatic carbocycles. The van der Waals surface area contributed by atoms with Gasteiger partial charge in [0.05, 0.1) is 49.2 Å². The first-order valence-electron chi connectivity index (χ1n) is 19.7. The van der Waals surface area contributed by atoms with Crippen LogP contribution in [0.2, 0.25) is 0 Å². The van der Waals surface area contributed by atoms with Crippen LogP contribution in [0.25, 0.3) is 10.6 Å². The monoisotopic (exact) mass is 989 g/mol. The predicted octanol–water partition coefficient (Wildman–Crippen LogP) is 15.2. The largest absolute Gasteiger partial charge is 2.00 e. The van der Waals surface area contributed by atoms with Crippen molar-refractivity contribution >= 4 is 66.0 Å². The molecule has 0 atom stereocenters. The van der Waals surface area contributed by atoms with E-state index in [0.29, 0.717) is 26.4 Å². The number of aliphatic imine (C=N–C) groups is 2. The van der Waals surface area contributed by atoms with Gasteiger partial charge in [0, 0.05) is 20.1 Å². The third kappa shape index (κ3) is 16.8. The Morgan fingerprint density at radius 1 is 0.426 bits per heavy atom. The van der Waals surface area contributed by atoms with Crippen molar-refractivity contribution in [1.29, 1.82) is 0 Å². The Morgan fingerprint density at radius 2 is 0.705 bits per heavy atom. The standard InChI is InChI=1S/2C25H24BrN2O2.Cu/c2*1-3-29-23-13-9-21(10-14-23)27-18-17-25(19-5-7-20(26)8-6-19)28-22-11-15-24(16-12-22)30-4-2;/h2*5-18H,3-4H2,1-2H3;/q2*-1;+2/b2*18-17-,28-25?;. The molecule has 0 unspecified atom stereocenters.